The number of morpholine rings is 1. The topological polar surface area (TPSA) is 62.3 Å². The molecular weight excluding hydrogens is 358 g/mol. The summed E-state index contributed by atoms with van der Waals surface area (Å²) >= 11 is 0. The molecule has 3 aliphatic rings. The fourth-order valence-electron chi connectivity index (χ4n) is 4.30. The van der Waals surface area contributed by atoms with Gasteiger partial charge in [-0.2, -0.15) is 0 Å². The molecule has 0 unspecified atom stereocenters. The van der Waals surface area contributed by atoms with E-state index in [4.69, 9.17) is 9.47 Å². The van der Waals surface area contributed by atoms with Crippen molar-refractivity contribution in [3.05, 3.63) is 29.8 Å². The van der Waals surface area contributed by atoms with Crippen molar-refractivity contribution in [3.8, 4) is 0 Å². The summed E-state index contributed by atoms with van der Waals surface area (Å²) in [6.45, 7) is 7.43. The van der Waals surface area contributed by atoms with Gasteiger partial charge in [-0.25, -0.2) is 4.79 Å². The maximum Gasteiger partial charge on any atom is 0.414 e. The zero-order valence-electron chi connectivity index (χ0n) is 16.3. The first-order chi connectivity index (χ1) is 13.7. The van der Waals surface area contributed by atoms with Crippen LogP contribution in [0.25, 0.3) is 0 Å². The smallest absolute Gasteiger partial charge is 0.414 e. The average Bonchev–Trinajstić information content (AvgIpc) is 3.15. The molecule has 0 bridgehead atoms. The van der Waals surface area contributed by atoms with E-state index in [1.165, 1.54) is 6.42 Å². The van der Waals surface area contributed by atoms with Crippen LogP contribution in [0.4, 0.5) is 10.5 Å². The molecule has 1 aromatic rings. The molecule has 0 N–H and O–H groups in total. The van der Waals surface area contributed by atoms with Gasteiger partial charge in [-0.1, -0.05) is 12.1 Å². The SMILES string of the molecule is O=C(Cc1ccc(N2CCOC2=O)cc1)N1CCC[C@H](CN2CCOCC2)C1. The lowest BCUT2D eigenvalue weighted by Crippen LogP contribution is -2.46. The lowest BCUT2D eigenvalue weighted by Gasteiger charge is -2.37. The van der Waals surface area contributed by atoms with Crippen molar-refractivity contribution in [1.82, 2.24) is 9.80 Å². The average molecular weight is 387 g/mol. The predicted molar refractivity (Wildman–Crippen MR) is 105 cm³/mol. The van der Waals surface area contributed by atoms with Gasteiger partial charge >= 0.3 is 6.09 Å². The highest BCUT2D eigenvalue weighted by Gasteiger charge is 2.26. The van der Waals surface area contributed by atoms with Gasteiger partial charge in [0.25, 0.3) is 0 Å². The Kier molecular flexibility index (Phi) is 6.12. The summed E-state index contributed by atoms with van der Waals surface area (Å²) in [5, 5.41) is 0. The first kappa shape index (κ1) is 19.2. The minimum Gasteiger partial charge on any atom is -0.447 e. The number of carbonyl (C=O) groups is 2. The fourth-order valence-corrected chi connectivity index (χ4v) is 4.30. The summed E-state index contributed by atoms with van der Waals surface area (Å²) < 4.78 is 10.4. The van der Waals surface area contributed by atoms with E-state index in [0.717, 1.165) is 63.6 Å². The van der Waals surface area contributed by atoms with Gasteiger partial charge in [0.05, 0.1) is 26.2 Å². The predicted octanol–water partition coefficient (Wildman–Crippen LogP) is 1.76. The number of rotatable bonds is 5. The number of piperidine rings is 1. The van der Waals surface area contributed by atoms with E-state index >= 15 is 0 Å². The molecular formula is C21H29N3O4. The van der Waals surface area contributed by atoms with Crippen LogP contribution in [0.5, 0.6) is 0 Å². The first-order valence-corrected chi connectivity index (χ1v) is 10.3. The molecule has 0 aliphatic carbocycles. The Balaban J connectivity index is 1.29. The zero-order valence-corrected chi connectivity index (χ0v) is 16.3. The Labute approximate surface area is 166 Å². The van der Waals surface area contributed by atoms with Crippen LogP contribution >= 0.6 is 0 Å². The van der Waals surface area contributed by atoms with Gasteiger partial charge in [0.2, 0.25) is 5.91 Å². The molecule has 28 heavy (non-hydrogen) atoms. The Morgan fingerprint density at radius 2 is 1.82 bits per heavy atom. The summed E-state index contributed by atoms with van der Waals surface area (Å²) in [6, 6.07) is 7.67. The number of hydrogen-bond acceptors (Lipinski definition) is 5. The highest BCUT2D eigenvalue weighted by atomic mass is 16.6. The van der Waals surface area contributed by atoms with E-state index < -0.39 is 0 Å². The molecule has 3 fully saturated rings. The standard InChI is InChI=1S/C21H29N3O4/c25-20(14-17-3-5-19(6-4-17)24-10-13-28-21(24)26)23-7-1-2-18(16-23)15-22-8-11-27-12-9-22/h3-6,18H,1-2,7-16H2/t18-/m1/s1. The van der Waals surface area contributed by atoms with E-state index in [9.17, 15) is 9.59 Å². The third-order valence-corrected chi connectivity index (χ3v) is 5.86. The van der Waals surface area contributed by atoms with Crippen molar-refractivity contribution in [2.75, 3.05) is 64.0 Å². The van der Waals surface area contributed by atoms with Crippen LogP contribution in [0.2, 0.25) is 0 Å². The van der Waals surface area contributed by atoms with Crippen LogP contribution in [0.3, 0.4) is 0 Å². The lowest BCUT2D eigenvalue weighted by molar-refractivity contribution is -0.132. The number of benzene rings is 1. The van der Waals surface area contributed by atoms with Crippen LogP contribution in [-0.2, 0) is 20.7 Å². The number of carbonyl (C=O) groups excluding carboxylic acids is 2. The highest BCUT2D eigenvalue weighted by molar-refractivity contribution is 5.89. The quantitative estimate of drug-likeness (QED) is 0.770. The van der Waals surface area contributed by atoms with E-state index in [2.05, 4.69) is 4.90 Å². The Morgan fingerprint density at radius 1 is 1.04 bits per heavy atom. The molecule has 4 rings (SSSR count). The number of ether oxygens (including phenoxy) is 2. The van der Waals surface area contributed by atoms with Crippen molar-refractivity contribution in [3.63, 3.8) is 0 Å². The molecule has 3 heterocycles. The molecule has 1 atom stereocenters. The Bertz CT molecular complexity index is 687. The molecule has 3 saturated heterocycles. The lowest BCUT2D eigenvalue weighted by atomic mass is 9.96. The van der Waals surface area contributed by atoms with Gasteiger partial charge < -0.3 is 14.4 Å². The van der Waals surface area contributed by atoms with Crippen LogP contribution < -0.4 is 4.90 Å². The number of cyclic esters (lactones) is 1. The molecule has 2 amide bonds. The van der Waals surface area contributed by atoms with Gasteiger partial charge in [0.1, 0.15) is 6.61 Å². The van der Waals surface area contributed by atoms with Gasteiger partial charge in [-0.15, -0.1) is 0 Å². The molecule has 0 radical (unpaired) electrons. The minimum absolute atomic E-state index is 0.194. The second-order valence-electron chi connectivity index (χ2n) is 7.87. The second kappa shape index (κ2) is 8.92. The van der Waals surface area contributed by atoms with Gasteiger partial charge in [0.15, 0.2) is 0 Å². The first-order valence-electron chi connectivity index (χ1n) is 10.3. The maximum absolute atomic E-state index is 12.8. The number of nitrogens with zero attached hydrogens (tertiary/aromatic N) is 3. The summed E-state index contributed by atoms with van der Waals surface area (Å²) in [7, 11) is 0. The van der Waals surface area contributed by atoms with Crippen LogP contribution in [0.15, 0.2) is 24.3 Å². The van der Waals surface area contributed by atoms with Crippen LogP contribution in [-0.4, -0.2) is 80.9 Å². The van der Waals surface area contributed by atoms with Gasteiger partial charge in [-0.3, -0.25) is 14.6 Å². The zero-order chi connectivity index (χ0) is 19.3. The summed E-state index contributed by atoms with van der Waals surface area (Å²) in [5.41, 5.74) is 1.80. The van der Waals surface area contributed by atoms with Gasteiger partial charge in [-0.05, 0) is 36.5 Å². The maximum atomic E-state index is 12.8. The molecule has 0 aromatic heterocycles. The van der Waals surface area contributed by atoms with Crippen molar-refractivity contribution < 1.29 is 19.1 Å². The van der Waals surface area contributed by atoms with Crippen molar-refractivity contribution in [2.24, 2.45) is 5.92 Å². The number of amides is 2. The molecule has 7 heteroatoms. The van der Waals surface area contributed by atoms with Crippen molar-refractivity contribution in [1.29, 1.82) is 0 Å². The van der Waals surface area contributed by atoms with Crippen molar-refractivity contribution >= 4 is 17.7 Å². The Hall–Kier alpha value is -2.12. The summed E-state index contributed by atoms with van der Waals surface area (Å²) in [4.78, 5) is 30.6. The van der Waals surface area contributed by atoms with Gasteiger partial charge in [0, 0.05) is 38.4 Å². The number of anilines is 1. The third kappa shape index (κ3) is 4.64. The minimum atomic E-state index is -0.302. The second-order valence-corrected chi connectivity index (χ2v) is 7.87. The number of likely N-dealkylation sites (tertiary alicyclic amines) is 1. The monoisotopic (exact) mass is 387 g/mol. The van der Waals surface area contributed by atoms with E-state index in [1.807, 2.05) is 29.2 Å². The molecule has 152 valence electrons. The highest BCUT2D eigenvalue weighted by Crippen LogP contribution is 2.21. The normalized spacial score (nSPS) is 23.7. The number of hydrogen-bond donors (Lipinski definition) is 0. The van der Waals surface area contributed by atoms with Crippen LogP contribution in [0.1, 0.15) is 18.4 Å². The molecule has 0 spiro atoms. The largest absolute Gasteiger partial charge is 0.447 e. The molecule has 3 aliphatic heterocycles. The molecule has 1 aromatic carbocycles. The van der Waals surface area contributed by atoms with E-state index in [-0.39, 0.29) is 12.0 Å². The van der Waals surface area contributed by atoms with Crippen molar-refractivity contribution in [2.45, 2.75) is 19.3 Å². The summed E-state index contributed by atoms with van der Waals surface area (Å²) in [6.07, 6.45) is 2.39. The van der Waals surface area contributed by atoms with E-state index in [0.29, 0.717) is 25.5 Å². The fraction of sp³-hybridized carbons (Fsp3) is 0.619. The Morgan fingerprint density at radius 3 is 2.54 bits per heavy atom. The molecule has 7 nitrogen and oxygen atoms in total. The van der Waals surface area contributed by atoms with Crippen LogP contribution in [0, 0.1) is 5.92 Å². The van der Waals surface area contributed by atoms with E-state index in [1.54, 1.807) is 4.90 Å². The summed E-state index contributed by atoms with van der Waals surface area (Å²) in [5.74, 6) is 0.749. The third-order valence-electron chi connectivity index (χ3n) is 5.86. The molecule has 0 saturated carbocycles.